The third-order valence-corrected chi connectivity index (χ3v) is 6.83. The number of hydrogen-bond acceptors (Lipinski definition) is 4. The molecule has 3 rings (SSSR count). The highest BCUT2D eigenvalue weighted by atomic mass is 35.5. The first-order valence-corrected chi connectivity index (χ1v) is 13.6. The summed E-state index contributed by atoms with van der Waals surface area (Å²) in [6.45, 7) is 8.40. The van der Waals surface area contributed by atoms with Crippen LogP contribution in [0.4, 0.5) is 16.3 Å². The molecule has 192 valence electrons. The van der Waals surface area contributed by atoms with Crippen LogP contribution in [-0.2, 0) is 10.2 Å². The smallest absolute Gasteiger partial charge is 0.315 e. The summed E-state index contributed by atoms with van der Waals surface area (Å²) in [5.74, 6) is 0.144. The number of nitrogens with one attached hydrogen (secondary N) is 2. The van der Waals surface area contributed by atoms with Gasteiger partial charge in [-0.2, -0.15) is 5.10 Å². The molecule has 0 aliphatic carbocycles. The van der Waals surface area contributed by atoms with Crippen LogP contribution in [-0.4, -0.2) is 46.0 Å². The Hall–Kier alpha value is -2.68. The monoisotopic (exact) mass is 547 g/mol. The number of amides is 3. The molecule has 2 N–H and O–H groups in total. The van der Waals surface area contributed by atoms with Crippen molar-refractivity contribution in [1.29, 1.82) is 0 Å². The lowest BCUT2D eigenvalue weighted by atomic mass is 9.92. The van der Waals surface area contributed by atoms with E-state index in [-0.39, 0.29) is 23.9 Å². The van der Waals surface area contributed by atoms with Gasteiger partial charge in [-0.05, 0) is 55.1 Å². The fourth-order valence-corrected chi connectivity index (χ4v) is 4.11. The van der Waals surface area contributed by atoms with Gasteiger partial charge in [-0.3, -0.25) is 4.79 Å². The van der Waals surface area contributed by atoms with E-state index in [0.717, 1.165) is 10.6 Å². The first-order chi connectivity index (χ1) is 17.0. The Kier molecular flexibility index (Phi) is 9.33. The van der Waals surface area contributed by atoms with E-state index >= 15 is 0 Å². The Morgan fingerprint density at radius 3 is 2.31 bits per heavy atom. The predicted octanol–water partition coefficient (Wildman–Crippen LogP) is 7.08. The molecule has 0 saturated heterocycles. The molecular formula is C26H31Cl2N5O2S. The summed E-state index contributed by atoms with van der Waals surface area (Å²) in [5, 5.41) is 11.3. The van der Waals surface area contributed by atoms with Gasteiger partial charge in [0, 0.05) is 28.6 Å². The second-order valence-corrected chi connectivity index (χ2v) is 11.0. The lowest BCUT2D eigenvalue weighted by Crippen LogP contribution is -2.41. The number of carbonyl (C=O) groups excluding carboxylic acids is 2. The van der Waals surface area contributed by atoms with E-state index in [4.69, 9.17) is 28.3 Å². The third kappa shape index (κ3) is 7.18. The molecular weight excluding hydrogens is 517 g/mol. The predicted molar refractivity (Wildman–Crippen MR) is 150 cm³/mol. The van der Waals surface area contributed by atoms with Crippen molar-refractivity contribution >= 4 is 58.4 Å². The third-order valence-electron chi connectivity index (χ3n) is 5.35. The minimum Gasteiger partial charge on any atom is -0.315 e. The minimum atomic E-state index is -0.336. The van der Waals surface area contributed by atoms with Crippen LogP contribution in [0.15, 0.2) is 53.4 Å². The van der Waals surface area contributed by atoms with E-state index in [0.29, 0.717) is 40.2 Å². The van der Waals surface area contributed by atoms with Crippen molar-refractivity contribution in [2.45, 2.75) is 44.4 Å². The average molecular weight is 549 g/mol. The van der Waals surface area contributed by atoms with Crippen LogP contribution in [0.2, 0.25) is 10.0 Å². The number of benzene rings is 2. The summed E-state index contributed by atoms with van der Waals surface area (Å²) >= 11 is 13.9. The van der Waals surface area contributed by atoms with Crippen molar-refractivity contribution in [3.05, 3.63) is 64.3 Å². The highest BCUT2D eigenvalue weighted by molar-refractivity contribution is 7.98. The van der Waals surface area contributed by atoms with Gasteiger partial charge < -0.3 is 15.5 Å². The number of aromatic nitrogens is 2. The number of halogens is 2. The van der Waals surface area contributed by atoms with E-state index in [1.807, 2.05) is 64.3 Å². The minimum absolute atomic E-state index is 0.111. The van der Waals surface area contributed by atoms with Gasteiger partial charge in [0.15, 0.2) is 0 Å². The number of thioether (sulfide) groups is 1. The van der Waals surface area contributed by atoms with Crippen LogP contribution in [0.3, 0.4) is 0 Å². The van der Waals surface area contributed by atoms with Gasteiger partial charge >= 0.3 is 6.03 Å². The van der Waals surface area contributed by atoms with Crippen molar-refractivity contribution in [2.24, 2.45) is 0 Å². The maximum atomic E-state index is 13.1. The maximum Gasteiger partial charge on any atom is 0.322 e. The molecule has 0 aliphatic rings. The first kappa shape index (κ1) is 27.9. The molecule has 0 unspecified atom stereocenters. The zero-order valence-corrected chi connectivity index (χ0v) is 23.4. The Labute approximate surface area is 226 Å². The fourth-order valence-electron chi connectivity index (χ4n) is 3.41. The van der Waals surface area contributed by atoms with Crippen molar-refractivity contribution < 1.29 is 9.59 Å². The molecule has 0 spiro atoms. The largest absolute Gasteiger partial charge is 0.322 e. The van der Waals surface area contributed by atoms with E-state index < -0.39 is 0 Å². The van der Waals surface area contributed by atoms with Crippen LogP contribution in [0.25, 0.3) is 5.69 Å². The quantitative estimate of drug-likeness (QED) is 0.295. The lowest BCUT2D eigenvalue weighted by Gasteiger charge is -2.22. The highest BCUT2D eigenvalue weighted by Gasteiger charge is 2.23. The number of anilines is 2. The van der Waals surface area contributed by atoms with Gasteiger partial charge in [0.25, 0.3) is 0 Å². The molecule has 3 aromatic rings. The Morgan fingerprint density at radius 2 is 1.72 bits per heavy atom. The van der Waals surface area contributed by atoms with E-state index in [1.165, 1.54) is 4.90 Å². The number of urea groups is 1. The molecule has 0 bridgehead atoms. The molecule has 36 heavy (non-hydrogen) atoms. The van der Waals surface area contributed by atoms with Gasteiger partial charge in [0.2, 0.25) is 5.91 Å². The van der Waals surface area contributed by atoms with Crippen LogP contribution < -0.4 is 10.6 Å². The Bertz CT molecular complexity index is 1220. The van der Waals surface area contributed by atoms with E-state index in [2.05, 4.69) is 10.6 Å². The molecule has 0 saturated carbocycles. The number of rotatable bonds is 8. The van der Waals surface area contributed by atoms with Gasteiger partial charge in [-0.1, -0.05) is 50.9 Å². The summed E-state index contributed by atoms with van der Waals surface area (Å²) < 4.78 is 1.62. The molecule has 3 amide bonds. The van der Waals surface area contributed by atoms with Crippen molar-refractivity contribution in [3.8, 4) is 5.69 Å². The number of carbonyl (C=O) groups is 2. The van der Waals surface area contributed by atoms with Gasteiger partial charge in [0.1, 0.15) is 12.4 Å². The number of hydrogen-bond donors (Lipinski definition) is 2. The Morgan fingerprint density at radius 1 is 1.03 bits per heavy atom. The fraction of sp³-hybridized carbons (Fsp3) is 0.346. The molecule has 0 fully saturated rings. The van der Waals surface area contributed by atoms with Crippen molar-refractivity contribution in [3.63, 3.8) is 0 Å². The lowest BCUT2D eigenvalue weighted by molar-refractivity contribution is -0.116. The maximum absolute atomic E-state index is 13.1. The standard InChI is InChI=1S/C26H31Cl2N5O2S/c1-6-13-32(25(35)29-17-7-10-19(36-5)11-8-17)16-24(34)30-23-15-22(26(2,3)4)31-33(23)18-9-12-20(27)21(28)14-18/h7-12,14-15H,6,13,16H2,1-5H3,(H,29,35)(H,30,34). The van der Waals surface area contributed by atoms with Crippen LogP contribution in [0, 0.1) is 0 Å². The topological polar surface area (TPSA) is 79.3 Å². The molecule has 7 nitrogen and oxygen atoms in total. The molecule has 0 radical (unpaired) electrons. The van der Waals surface area contributed by atoms with E-state index in [9.17, 15) is 9.59 Å². The van der Waals surface area contributed by atoms with Gasteiger partial charge in [0.05, 0.1) is 21.4 Å². The van der Waals surface area contributed by atoms with Gasteiger partial charge in [-0.15, -0.1) is 11.8 Å². The van der Waals surface area contributed by atoms with Crippen molar-refractivity contribution in [1.82, 2.24) is 14.7 Å². The first-order valence-electron chi connectivity index (χ1n) is 11.6. The molecule has 0 aliphatic heterocycles. The molecule has 0 atom stereocenters. The highest BCUT2D eigenvalue weighted by Crippen LogP contribution is 2.29. The zero-order valence-electron chi connectivity index (χ0n) is 21.1. The zero-order chi connectivity index (χ0) is 26.5. The molecule has 2 aromatic carbocycles. The van der Waals surface area contributed by atoms with Gasteiger partial charge in [-0.25, -0.2) is 9.48 Å². The van der Waals surface area contributed by atoms with Crippen LogP contribution >= 0.6 is 35.0 Å². The van der Waals surface area contributed by atoms with Crippen molar-refractivity contribution in [2.75, 3.05) is 30.0 Å². The molecule has 1 heterocycles. The summed E-state index contributed by atoms with van der Waals surface area (Å²) in [7, 11) is 0. The molecule has 1 aromatic heterocycles. The second-order valence-electron chi connectivity index (χ2n) is 9.30. The second kappa shape index (κ2) is 12.0. The normalized spacial score (nSPS) is 11.3. The number of nitrogens with zero attached hydrogens (tertiary/aromatic N) is 3. The summed E-state index contributed by atoms with van der Waals surface area (Å²) in [6.07, 6.45) is 2.70. The van der Waals surface area contributed by atoms with Crippen LogP contribution in [0.5, 0.6) is 0 Å². The SMILES string of the molecule is CCCN(CC(=O)Nc1cc(C(C)(C)C)nn1-c1ccc(Cl)c(Cl)c1)C(=O)Nc1ccc(SC)cc1. The molecule has 10 heteroatoms. The summed E-state index contributed by atoms with van der Waals surface area (Å²) in [4.78, 5) is 28.6. The Balaban J connectivity index is 1.79. The average Bonchev–Trinajstić information content (AvgIpc) is 3.25. The summed E-state index contributed by atoms with van der Waals surface area (Å²) in [5.41, 5.74) is 1.88. The van der Waals surface area contributed by atoms with E-state index in [1.54, 1.807) is 34.6 Å². The van der Waals surface area contributed by atoms with Crippen LogP contribution in [0.1, 0.15) is 39.8 Å². The summed E-state index contributed by atoms with van der Waals surface area (Å²) in [6, 6.07) is 14.2.